The Morgan fingerprint density at radius 3 is 1.83 bits per heavy atom. The predicted molar refractivity (Wildman–Crippen MR) is 94.0 cm³/mol. The number of hydrogen-bond acceptors (Lipinski definition) is 3. The van der Waals surface area contributed by atoms with Gasteiger partial charge in [-0.2, -0.15) is 0 Å². The van der Waals surface area contributed by atoms with Gasteiger partial charge in [-0.05, 0) is 31.2 Å². The van der Waals surface area contributed by atoms with Crippen molar-refractivity contribution in [2.24, 2.45) is 0 Å². The van der Waals surface area contributed by atoms with Gasteiger partial charge in [0.05, 0.1) is 65.7 Å². The van der Waals surface area contributed by atoms with Gasteiger partial charge >= 0.3 is 0 Å². The molecular formula is C18H24N2O2S. The van der Waals surface area contributed by atoms with Crippen LogP contribution in [0.3, 0.4) is 0 Å². The van der Waals surface area contributed by atoms with Crippen LogP contribution < -0.4 is 4.90 Å². The van der Waals surface area contributed by atoms with E-state index in [1.807, 2.05) is 36.4 Å². The molecule has 5 heteroatoms. The lowest BCUT2D eigenvalue weighted by Gasteiger charge is -2.39. The summed E-state index contributed by atoms with van der Waals surface area (Å²) in [5.41, 5.74) is 2.14. The lowest BCUT2D eigenvalue weighted by Crippen LogP contribution is -2.47. The van der Waals surface area contributed by atoms with Crippen LogP contribution in [0.25, 0.3) is 0 Å². The summed E-state index contributed by atoms with van der Waals surface area (Å²) in [4.78, 5) is 4.17. The van der Waals surface area contributed by atoms with Gasteiger partial charge in [-0.3, -0.25) is 0 Å². The van der Waals surface area contributed by atoms with E-state index in [9.17, 15) is 4.21 Å². The minimum Gasteiger partial charge on any atom is -0.870 e. The maximum Gasteiger partial charge on any atom is 0.0988 e. The average Bonchev–Trinajstić information content (AvgIpc) is 2.46. The van der Waals surface area contributed by atoms with E-state index in [0.29, 0.717) is 6.04 Å². The van der Waals surface area contributed by atoms with E-state index in [1.165, 1.54) is 0 Å². The molecule has 1 N–H and O–H groups in total. The predicted octanol–water partition coefficient (Wildman–Crippen LogP) is 3.22. The first-order valence-corrected chi connectivity index (χ1v) is 8.73. The number of para-hydroxylation sites is 2. The van der Waals surface area contributed by atoms with Crippen LogP contribution in [0.1, 0.15) is 6.92 Å². The molecule has 0 saturated heterocycles. The van der Waals surface area contributed by atoms with Crippen LogP contribution in [0.4, 0.5) is 11.4 Å². The van der Waals surface area contributed by atoms with Crippen LogP contribution in [-0.2, 0) is 10.8 Å². The van der Waals surface area contributed by atoms with Gasteiger partial charge in [0.25, 0.3) is 0 Å². The second-order valence-electron chi connectivity index (χ2n) is 6.90. The minimum atomic E-state index is -1.10. The summed E-state index contributed by atoms with van der Waals surface area (Å²) in [6, 6.07) is 16.4. The third-order valence-corrected chi connectivity index (χ3v) is 5.39. The number of nitrogens with zero attached hydrogens (tertiary/aromatic N) is 2. The van der Waals surface area contributed by atoms with E-state index in [4.69, 9.17) is 0 Å². The second kappa shape index (κ2) is 6.43. The minimum absolute atomic E-state index is 0. The zero-order valence-corrected chi connectivity index (χ0v) is 14.9. The molecule has 3 rings (SSSR count). The summed E-state index contributed by atoms with van der Waals surface area (Å²) in [5, 5.41) is 0. The monoisotopic (exact) mass is 332 g/mol. The zero-order valence-electron chi connectivity index (χ0n) is 14.1. The van der Waals surface area contributed by atoms with Crippen LogP contribution >= 0.6 is 0 Å². The highest BCUT2D eigenvalue weighted by molar-refractivity contribution is 7.85. The zero-order chi connectivity index (χ0) is 15.9. The number of fused-ring (bicyclic) bond motifs is 2. The van der Waals surface area contributed by atoms with Crippen LogP contribution in [-0.4, -0.2) is 47.9 Å². The molecule has 0 saturated carbocycles. The summed E-state index contributed by atoms with van der Waals surface area (Å²) in [7, 11) is 5.52. The van der Waals surface area contributed by atoms with Gasteiger partial charge in [-0.1, -0.05) is 24.3 Å². The summed E-state index contributed by atoms with van der Waals surface area (Å²) in [5.74, 6) is 0. The first-order valence-electron chi connectivity index (χ1n) is 7.58. The molecule has 2 aromatic carbocycles. The number of hydrogen-bond donors (Lipinski definition) is 0. The Labute approximate surface area is 140 Å². The topological polar surface area (TPSA) is 50.3 Å². The highest BCUT2D eigenvalue weighted by Crippen LogP contribution is 2.42. The summed E-state index contributed by atoms with van der Waals surface area (Å²) < 4.78 is 13.7. The first-order chi connectivity index (χ1) is 10.4. The van der Waals surface area contributed by atoms with Gasteiger partial charge in [0.1, 0.15) is 0 Å². The molecule has 124 valence electrons. The van der Waals surface area contributed by atoms with E-state index >= 15 is 0 Å². The molecule has 23 heavy (non-hydrogen) atoms. The fourth-order valence-electron chi connectivity index (χ4n) is 3.22. The van der Waals surface area contributed by atoms with E-state index in [1.54, 1.807) is 0 Å². The maximum absolute atomic E-state index is 12.8. The molecule has 4 nitrogen and oxygen atoms in total. The van der Waals surface area contributed by atoms with E-state index < -0.39 is 10.8 Å². The van der Waals surface area contributed by atoms with Crippen molar-refractivity contribution in [1.82, 2.24) is 0 Å². The third kappa shape index (κ3) is 3.32. The van der Waals surface area contributed by atoms with Gasteiger partial charge in [0, 0.05) is 0 Å². The van der Waals surface area contributed by atoms with Gasteiger partial charge < -0.3 is 14.9 Å². The molecule has 0 fully saturated rings. The second-order valence-corrected chi connectivity index (χ2v) is 8.31. The lowest BCUT2D eigenvalue weighted by molar-refractivity contribution is -0.870. The molecule has 0 amide bonds. The van der Waals surface area contributed by atoms with Crippen LogP contribution in [0.2, 0.25) is 0 Å². The van der Waals surface area contributed by atoms with Crippen molar-refractivity contribution in [2.45, 2.75) is 22.8 Å². The Morgan fingerprint density at radius 2 is 1.39 bits per heavy atom. The van der Waals surface area contributed by atoms with Gasteiger partial charge in [-0.25, -0.2) is 4.21 Å². The molecule has 1 aliphatic heterocycles. The Bertz CT molecular complexity index is 675. The lowest BCUT2D eigenvalue weighted by atomic mass is 10.1. The Morgan fingerprint density at radius 1 is 0.957 bits per heavy atom. The van der Waals surface area contributed by atoms with E-state index in [2.05, 4.69) is 45.1 Å². The molecule has 2 aromatic rings. The Hall–Kier alpha value is -1.69. The van der Waals surface area contributed by atoms with Crippen molar-refractivity contribution in [2.75, 3.05) is 32.6 Å². The highest BCUT2D eigenvalue weighted by Gasteiger charge is 2.32. The molecule has 1 heterocycles. The van der Waals surface area contributed by atoms with Crippen molar-refractivity contribution in [3.63, 3.8) is 0 Å². The number of rotatable bonds is 3. The molecule has 0 bridgehead atoms. The number of likely N-dealkylation sites (N-methyl/N-ethyl adjacent to an activating group) is 1. The summed E-state index contributed by atoms with van der Waals surface area (Å²) >= 11 is 0. The molecule has 1 aliphatic rings. The smallest absolute Gasteiger partial charge is 0.0988 e. The molecule has 0 spiro atoms. The Balaban J connectivity index is 0.00000192. The van der Waals surface area contributed by atoms with E-state index in [0.717, 1.165) is 32.2 Å². The van der Waals surface area contributed by atoms with Crippen molar-refractivity contribution in [1.29, 1.82) is 0 Å². The van der Waals surface area contributed by atoms with Gasteiger partial charge in [0.15, 0.2) is 0 Å². The van der Waals surface area contributed by atoms with Gasteiger partial charge in [-0.15, -0.1) is 0 Å². The largest absolute Gasteiger partial charge is 0.870 e. The third-order valence-electron chi connectivity index (χ3n) is 3.90. The van der Waals surface area contributed by atoms with Crippen LogP contribution in [0.5, 0.6) is 0 Å². The van der Waals surface area contributed by atoms with Crippen LogP contribution in [0, 0.1) is 0 Å². The first kappa shape index (κ1) is 17.7. The fraction of sp³-hybridized carbons (Fsp3) is 0.333. The van der Waals surface area contributed by atoms with E-state index in [-0.39, 0.29) is 5.48 Å². The standard InChI is InChI=1S/C18H23N2OS.H2O/c1-14(13-20(2,3)4)19-15-9-5-7-11-17(15)22(21)18-12-8-6-10-16(18)19;/h5-12,14H,13H2,1-4H3;1H2/q+1;/p-1. The molecule has 1 atom stereocenters. The SMILES string of the molecule is CC(C[N+](C)(C)C)N1c2ccccc2S(=O)c2ccccc21.[OH-]. The Kier molecular flexibility index (Phi) is 4.94. The number of anilines is 2. The molecule has 1 unspecified atom stereocenters. The highest BCUT2D eigenvalue weighted by atomic mass is 32.2. The van der Waals surface area contributed by atoms with Crippen molar-refractivity contribution in [3.8, 4) is 0 Å². The normalized spacial score (nSPS) is 15.4. The van der Waals surface area contributed by atoms with Crippen molar-refractivity contribution in [3.05, 3.63) is 48.5 Å². The van der Waals surface area contributed by atoms with Crippen molar-refractivity contribution >= 4 is 22.2 Å². The molecule has 0 aromatic heterocycles. The number of benzene rings is 2. The molecular weight excluding hydrogens is 308 g/mol. The molecule has 0 radical (unpaired) electrons. The molecule has 0 aliphatic carbocycles. The maximum atomic E-state index is 12.8. The quantitative estimate of drug-likeness (QED) is 0.811. The number of quaternary nitrogens is 1. The van der Waals surface area contributed by atoms with Crippen LogP contribution in [0.15, 0.2) is 58.3 Å². The van der Waals surface area contributed by atoms with Gasteiger partial charge in [0.2, 0.25) is 0 Å². The average molecular weight is 332 g/mol. The fourth-order valence-corrected chi connectivity index (χ4v) is 4.58. The van der Waals surface area contributed by atoms with Crippen molar-refractivity contribution < 1.29 is 14.2 Å². The summed E-state index contributed by atoms with van der Waals surface area (Å²) in [6.07, 6.45) is 0. The summed E-state index contributed by atoms with van der Waals surface area (Å²) in [6.45, 7) is 3.25.